The van der Waals surface area contributed by atoms with Gasteiger partial charge in [-0.2, -0.15) is 8.42 Å². The van der Waals surface area contributed by atoms with Gasteiger partial charge in [0, 0.05) is 0 Å². The van der Waals surface area contributed by atoms with E-state index in [-0.39, 0.29) is 4.90 Å². The highest BCUT2D eigenvalue weighted by atomic mass is 32.2. The van der Waals surface area contributed by atoms with E-state index in [1.165, 1.54) is 12.1 Å². The Morgan fingerprint density at radius 1 is 1.23 bits per heavy atom. The molecule has 70 valence electrons. The van der Waals surface area contributed by atoms with Crippen molar-refractivity contribution in [2.45, 2.75) is 11.8 Å². The van der Waals surface area contributed by atoms with Crippen LogP contribution in [0.1, 0.15) is 5.56 Å². The van der Waals surface area contributed by atoms with Crippen molar-refractivity contribution >= 4 is 10.1 Å². The molecule has 0 unspecified atom stereocenters. The van der Waals surface area contributed by atoms with E-state index in [1.54, 1.807) is 12.1 Å². The molecule has 0 saturated heterocycles. The zero-order valence-corrected chi connectivity index (χ0v) is 7.61. The van der Waals surface area contributed by atoms with Crippen molar-refractivity contribution in [3.63, 3.8) is 0 Å². The summed E-state index contributed by atoms with van der Waals surface area (Å²) in [6, 6.07) is 5.88. The van der Waals surface area contributed by atoms with Gasteiger partial charge in [-0.15, -0.1) is 4.91 Å². The van der Waals surface area contributed by atoms with Crippen molar-refractivity contribution in [1.29, 1.82) is 0 Å². The van der Waals surface area contributed by atoms with Crippen LogP contribution >= 0.6 is 0 Å². The predicted octanol–water partition coefficient (Wildman–Crippen LogP) is 1.38. The average Bonchev–Trinajstić information content (AvgIpc) is 2.05. The molecule has 0 aliphatic heterocycles. The molecule has 0 saturated carbocycles. The highest BCUT2D eigenvalue weighted by Crippen LogP contribution is 2.12. The van der Waals surface area contributed by atoms with Crippen molar-refractivity contribution in [1.82, 2.24) is 0 Å². The summed E-state index contributed by atoms with van der Waals surface area (Å²) in [4.78, 5) is 9.52. The molecule has 0 aliphatic carbocycles. The van der Waals surface area contributed by atoms with E-state index in [9.17, 15) is 13.3 Å². The number of hydrogen-bond acceptors (Lipinski definition) is 5. The summed E-state index contributed by atoms with van der Waals surface area (Å²) in [5, 5.41) is 1.87. The summed E-state index contributed by atoms with van der Waals surface area (Å²) < 4.78 is 25.8. The Kier molecular flexibility index (Phi) is 2.62. The second-order valence-corrected chi connectivity index (χ2v) is 3.94. The summed E-state index contributed by atoms with van der Waals surface area (Å²) in [5.74, 6) is 0. The number of nitrogens with zero attached hydrogens (tertiary/aromatic N) is 1. The van der Waals surface area contributed by atoms with E-state index < -0.39 is 10.1 Å². The van der Waals surface area contributed by atoms with Gasteiger partial charge in [-0.1, -0.05) is 17.7 Å². The van der Waals surface area contributed by atoms with Crippen molar-refractivity contribution in [3.05, 3.63) is 34.7 Å². The van der Waals surface area contributed by atoms with Crippen LogP contribution in [-0.4, -0.2) is 8.42 Å². The lowest BCUT2D eigenvalue weighted by atomic mass is 10.2. The molecule has 0 bridgehead atoms. The Labute approximate surface area is 75.4 Å². The molecule has 0 aliphatic rings. The summed E-state index contributed by atoms with van der Waals surface area (Å²) in [7, 11) is -4.01. The maximum absolute atomic E-state index is 11.0. The molecule has 0 aromatic heterocycles. The monoisotopic (exact) mass is 201 g/mol. The van der Waals surface area contributed by atoms with Gasteiger partial charge in [-0.05, 0) is 19.1 Å². The Bertz CT molecular complexity index is 395. The molecule has 5 nitrogen and oxygen atoms in total. The minimum atomic E-state index is -4.01. The largest absolute Gasteiger partial charge is 0.361 e. The molecule has 0 heterocycles. The second kappa shape index (κ2) is 3.53. The van der Waals surface area contributed by atoms with Crippen molar-refractivity contribution in [2.24, 2.45) is 5.34 Å². The van der Waals surface area contributed by atoms with E-state index in [4.69, 9.17) is 0 Å². The third-order valence-corrected chi connectivity index (χ3v) is 2.54. The van der Waals surface area contributed by atoms with Crippen LogP contribution in [0.5, 0.6) is 0 Å². The standard InChI is InChI=1S/C7H7NO4S/c1-6-2-4-7(5-3-6)13(10,11)12-8-9/h2-5H,1H3. The predicted molar refractivity (Wildman–Crippen MR) is 45.2 cm³/mol. The van der Waals surface area contributed by atoms with Crippen LogP contribution in [0, 0.1) is 11.8 Å². The molecule has 6 heteroatoms. The van der Waals surface area contributed by atoms with Crippen LogP contribution in [0.3, 0.4) is 0 Å². The normalized spacial score (nSPS) is 10.8. The second-order valence-electron chi connectivity index (χ2n) is 2.42. The van der Waals surface area contributed by atoms with Crippen LogP contribution in [0.25, 0.3) is 0 Å². The SMILES string of the molecule is Cc1ccc(S(=O)(=O)ON=O)cc1. The molecule has 0 fully saturated rings. The first-order valence-electron chi connectivity index (χ1n) is 3.39. The third-order valence-electron chi connectivity index (χ3n) is 1.44. The fraction of sp³-hybridized carbons (Fsp3) is 0.143. The fourth-order valence-electron chi connectivity index (χ4n) is 0.788. The molecule has 1 rings (SSSR count). The van der Waals surface area contributed by atoms with Gasteiger partial charge in [0.1, 0.15) is 4.90 Å². The van der Waals surface area contributed by atoms with Gasteiger partial charge in [-0.3, -0.25) is 0 Å². The Morgan fingerprint density at radius 2 is 1.77 bits per heavy atom. The minimum Gasteiger partial charge on any atom is -0.228 e. The summed E-state index contributed by atoms with van der Waals surface area (Å²) in [6.45, 7) is 1.81. The van der Waals surface area contributed by atoms with Crippen LogP contribution in [0.2, 0.25) is 0 Å². The topological polar surface area (TPSA) is 72.8 Å². The van der Waals surface area contributed by atoms with Gasteiger partial charge in [0.2, 0.25) is 0 Å². The summed E-state index contributed by atoms with van der Waals surface area (Å²) in [5.41, 5.74) is 0.915. The van der Waals surface area contributed by atoms with E-state index in [0.717, 1.165) is 5.56 Å². The van der Waals surface area contributed by atoms with E-state index in [0.29, 0.717) is 0 Å². The lowest BCUT2D eigenvalue weighted by Crippen LogP contribution is -2.01. The molecular weight excluding hydrogens is 194 g/mol. The van der Waals surface area contributed by atoms with Crippen LogP contribution in [0.15, 0.2) is 34.5 Å². The Hall–Kier alpha value is -1.43. The number of aryl methyl sites for hydroxylation is 1. The van der Waals surface area contributed by atoms with Gasteiger partial charge < -0.3 is 0 Å². The van der Waals surface area contributed by atoms with Gasteiger partial charge in [0.15, 0.2) is 5.34 Å². The molecule has 0 radical (unpaired) electrons. The van der Waals surface area contributed by atoms with E-state index in [2.05, 4.69) is 4.28 Å². The Morgan fingerprint density at radius 3 is 2.23 bits per heavy atom. The first-order chi connectivity index (χ1) is 6.06. The average molecular weight is 201 g/mol. The lowest BCUT2D eigenvalue weighted by molar-refractivity contribution is 0.333. The van der Waals surface area contributed by atoms with Gasteiger partial charge >= 0.3 is 10.1 Å². The van der Waals surface area contributed by atoms with E-state index >= 15 is 0 Å². The molecule has 0 spiro atoms. The maximum atomic E-state index is 11.0. The van der Waals surface area contributed by atoms with Crippen LogP contribution in [0.4, 0.5) is 0 Å². The number of rotatable bonds is 3. The third kappa shape index (κ3) is 2.25. The van der Waals surface area contributed by atoms with E-state index in [1.807, 2.05) is 12.3 Å². The highest BCUT2D eigenvalue weighted by Gasteiger charge is 2.15. The molecule has 0 amide bonds. The quantitative estimate of drug-likeness (QED) is 0.547. The molecule has 1 aromatic rings. The highest BCUT2D eigenvalue weighted by molar-refractivity contribution is 7.86. The molecule has 0 N–H and O–H groups in total. The van der Waals surface area contributed by atoms with Gasteiger partial charge in [0.05, 0.1) is 0 Å². The molecule has 1 aromatic carbocycles. The smallest absolute Gasteiger partial charge is 0.228 e. The zero-order valence-electron chi connectivity index (χ0n) is 6.80. The van der Waals surface area contributed by atoms with Crippen molar-refractivity contribution in [2.75, 3.05) is 0 Å². The summed E-state index contributed by atoms with van der Waals surface area (Å²) in [6.07, 6.45) is 0. The van der Waals surface area contributed by atoms with Crippen molar-refractivity contribution in [3.8, 4) is 0 Å². The molecule has 0 atom stereocenters. The lowest BCUT2D eigenvalue weighted by Gasteiger charge is -1.98. The van der Waals surface area contributed by atoms with Gasteiger partial charge in [0.25, 0.3) is 0 Å². The van der Waals surface area contributed by atoms with Crippen molar-refractivity contribution < 1.29 is 12.7 Å². The summed E-state index contributed by atoms with van der Waals surface area (Å²) >= 11 is 0. The minimum absolute atomic E-state index is 0.0855. The molecular formula is C7H7NO4S. The molecule has 13 heavy (non-hydrogen) atoms. The zero-order chi connectivity index (χ0) is 9.90. The fourth-order valence-corrected chi connectivity index (χ4v) is 1.42. The maximum Gasteiger partial charge on any atom is 0.361 e. The first kappa shape index (κ1) is 9.66. The van der Waals surface area contributed by atoms with Crippen LogP contribution < -0.4 is 0 Å². The number of benzene rings is 1. The Balaban J connectivity index is 3.08. The van der Waals surface area contributed by atoms with Gasteiger partial charge in [-0.25, -0.2) is 4.28 Å². The number of hydrogen-bond donors (Lipinski definition) is 0. The van der Waals surface area contributed by atoms with Crippen LogP contribution in [-0.2, 0) is 14.4 Å². The first-order valence-corrected chi connectivity index (χ1v) is 4.80.